The van der Waals surface area contributed by atoms with Gasteiger partial charge in [-0.15, -0.1) is 0 Å². The Bertz CT molecular complexity index is 527. The van der Waals surface area contributed by atoms with Crippen LogP contribution in [-0.2, 0) is 0 Å². The van der Waals surface area contributed by atoms with Gasteiger partial charge in [0.25, 0.3) is 0 Å². The average molecular weight is 317 g/mol. The number of benzene rings is 1. The van der Waals surface area contributed by atoms with E-state index in [-0.39, 0.29) is 6.04 Å². The second-order valence-electron chi connectivity index (χ2n) is 3.51. The van der Waals surface area contributed by atoms with E-state index in [9.17, 15) is 0 Å². The Kier molecular flexibility index (Phi) is 3.76. The van der Waals surface area contributed by atoms with Gasteiger partial charge in [0, 0.05) is 0 Å². The molecule has 3 nitrogen and oxygen atoms in total. The van der Waals surface area contributed by atoms with Crippen LogP contribution in [0.1, 0.15) is 17.4 Å². The highest BCUT2D eigenvalue weighted by atomic mass is 79.9. The summed E-state index contributed by atoms with van der Waals surface area (Å²) < 4.78 is 11.3. The molecule has 0 aliphatic rings. The summed E-state index contributed by atoms with van der Waals surface area (Å²) in [5, 5.41) is 0.336. The molecule has 1 unspecified atom stereocenters. The van der Waals surface area contributed by atoms with E-state index in [1.165, 1.54) is 0 Å². The van der Waals surface area contributed by atoms with Crippen LogP contribution in [0.4, 0.5) is 0 Å². The Morgan fingerprint density at radius 2 is 2.12 bits per heavy atom. The molecule has 5 heteroatoms. The van der Waals surface area contributed by atoms with Gasteiger partial charge in [-0.25, -0.2) is 0 Å². The van der Waals surface area contributed by atoms with Crippen molar-refractivity contribution in [1.82, 2.24) is 0 Å². The van der Waals surface area contributed by atoms with Gasteiger partial charge in [-0.2, -0.15) is 0 Å². The van der Waals surface area contributed by atoms with Gasteiger partial charge in [0.2, 0.25) is 0 Å². The van der Waals surface area contributed by atoms with Crippen LogP contribution in [0.3, 0.4) is 0 Å². The van der Waals surface area contributed by atoms with Crippen molar-refractivity contribution in [2.75, 3.05) is 7.11 Å². The minimum Gasteiger partial charge on any atom is -0.496 e. The highest BCUT2D eigenvalue weighted by Gasteiger charge is 2.14. The number of hydrogen-bond acceptors (Lipinski definition) is 3. The standard InChI is InChI=1S/C12H11BrClNO2/c1-16-9-3-2-7(6-8(9)13)12(15)10-4-5-11(14)17-10/h2-6,12H,15H2,1H3. The van der Waals surface area contributed by atoms with Crippen LogP contribution in [0.2, 0.25) is 5.22 Å². The first-order chi connectivity index (χ1) is 8.11. The SMILES string of the molecule is COc1ccc(C(N)c2ccc(Cl)o2)cc1Br. The maximum absolute atomic E-state index is 6.08. The van der Waals surface area contributed by atoms with Crippen molar-refractivity contribution in [3.8, 4) is 5.75 Å². The summed E-state index contributed by atoms with van der Waals surface area (Å²) in [7, 11) is 1.62. The van der Waals surface area contributed by atoms with E-state index in [0.29, 0.717) is 11.0 Å². The molecule has 1 aromatic heterocycles. The lowest BCUT2D eigenvalue weighted by Gasteiger charge is -2.11. The fourth-order valence-corrected chi connectivity index (χ4v) is 2.25. The molecule has 2 N–H and O–H groups in total. The summed E-state index contributed by atoms with van der Waals surface area (Å²) in [4.78, 5) is 0. The first kappa shape index (κ1) is 12.5. The van der Waals surface area contributed by atoms with Gasteiger partial charge in [0.1, 0.15) is 11.5 Å². The number of hydrogen-bond donors (Lipinski definition) is 1. The zero-order valence-corrected chi connectivity index (χ0v) is 11.5. The second-order valence-corrected chi connectivity index (χ2v) is 4.74. The molecule has 0 aliphatic heterocycles. The molecule has 1 aromatic carbocycles. The van der Waals surface area contributed by atoms with Crippen molar-refractivity contribution < 1.29 is 9.15 Å². The Morgan fingerprint density at radius 3 is 2.65 bits per heavy atom. The van der Waals surface area contributed by atoms with Gasteiger partial charge in [0.05, 0.1) is 17.6 Å². The van der Waals surface area contributed by atoms with Gasteiger partial charge in [-0.05, 0) is 57.4 Å². The lowest BCUT2D eigenvalue weighted by Crippen LogP contribution is -2.10. The van der Waals surface area contributed by atoms with Crippen LogP contribution in [0.15, 0.2) is 39.2 Å². The highest BCUT2D eigenvalue weighted by molar-refractivity contribution is 9.10. The molecule has 0 aliphatic carbocycles. The van der Waals surface area contributed by atoms with Gasteiger partial charge in [0.15, 0.2) is 5.22 Å². The van der Waals surface area contributed by atoms with E-state index in [4.69, 9.17) is 26.5 Å². The summed E-state index contributed by atoms with van der Waals surface area (Å²) in [5.74, 6) is 1.39. The summed E-state index contributed by atoms with van der Waals surface area (Å²) in [6.45, 7) is 0. The molecule has 0 saturated carbocycles. The fraction of sp³-hybridized carbons (Fsp3) is 0.167. The molecule has 0 radical (unpaired) electrons. The van der Waals surface area contributed by atoms with Crippen molar-refractivity contribution in [1.29, 1.82) is 0 Å². The molecule has 2 aromatic rings. The van der Waals surface area contributed by atoms with Crippen LogP contribution in [-0.4, -0.2) is 7.11 Å². The summed E-state index contributed by atoms with van der Waals surface area (Å²) in [6.07, 6.45) is 0. The van der Waals surface area contributed by atoms with Gasteiger partial charge in [-0.1, -0.05) is 6.07 Å². The van der Waals surface area contributed by atoms with Crippen LogP contribution >= 0.6 is 27.5 Å². The summed E-state index contributed by atoms with van der Waals surface area (Å²) in [6, 6.07) is 8.75. The highest BCUT2D eigenvalue weighted by Crippen LogP contribution is 2.30. The molecule has 1 heterocycles. The number of ether oxygens (including phenoxy) is 1. The van der Waals surface area contributed by atoms with Crippen molar-refractivity contribution in [2.45, 2.75) is 6.04 Å². The first-order valence-corrected chi connectivity index (χ1v) is 6.13. The topological polar surface area (TPSA) is 48.4 Å². The number of halogens is 2. The normalized spacial score (nSPS) is 12.5. The Labute approximate surface area is 113 Å². The molecule has 0 spiro atoms. The van der Waals surface area contributed by atoms with Gasteiger partial charge >= 0.3 is 0 Å². The van der Waals surface area contributed by atoms with E-state index in [0.717, 1.165) is 15.8 Å². The molecular formula is C12H11BrClNO2. The quantitative estimate of drug-likeness (QED) is 0.938. The molecule has 0 fully saturated rings. The third kappa shape index (κ3) is 2.65. The molecule has 0 amide bonds. The van der Waals surface area contributed by atoms with Crippen molar-refractivity contribution >= 4 is 27.5 Å². The smallest absolute Gasteiger partial charge is 0.193 e. The van der Waals surface area contributed by atoms with Crippen LogP contribution in [0, 0.1) is 0 Å². The fourth-order valence-electron chi connectivity index (χ4n) is 1.54. The zero-order valence-electron chi connectivity index (χ0n) is 9.11. The molecule has 17 heavy (non-hydrogen) atoms. The average Bonchev–Trinajstić information content (AvgIpc) is 2.75. The largest absolute Gasteiger partial charge is 0.496 e. The predicted molar refractivity (Wildman–Crippen MR) is 70.4 cm³/mol. The van der Waals surface area contributed by atoms with Crippen molar-refractivity contribution in [2.24, 2.45) is 5.73 Å². The molecule has 1 atom stereocenters. The Hall–Kier alpha value is -0.970. The van der Waals surface area contributed by atoms with Crippen LogP contribution in [0.5, 0.6) is 5.75 Å². The maximum Gasteiger partial charge on any atom is 0.193 e. The number of furan rings is 1. The van der Waals surface area contributed by atoms with E-state index in [2.05, 4.69) is 15.9 Å². The van der Waals surface area contributed by atoms with Gasteiger partial charge in [-0.3, -0.25) is 0 Å². The number of nitrogens with two attached hydrogens (primary N) is 1. The Balaban J connectivity index is 2.31. The minimum atomic E-state index is -0.343. The van der Waals surface area contributed by atoms with Crippen LogP contribution in [0.25, 0.3) is 0 Å². The van der Waals surface area contributed by atoms with E-state index < -0.39 is 0 Å². The van der Waals surface area contributed by atoms with Gasteiger partial charge < -0.3 is 14.9 Å². The third-order valence-corrected chi connectivity index (χ3v) is 3.26. The summed E-state index contributed by atoms with van der Waals surface area (Å²) in [5.41, 5.74) is 7.00. The monoisotopic (exact) mass is 315 g/mol. The predicted octanol–water partition coefficient (Wildman–Crippen LogP) is 3.75. The van der Waals surface area contributed by atoms with E-state index in [1.807, 2.05) is 18.2 Å². The number of methoxy groups -OCH3 is 1. The van der Waals surface area contributed by atoms with E-state index in [1.54, 1.807) is 19.2 Å². The maximum atomic E-state index is 6.08. The number of rotatable bonds is 3. The van der Waals surface area contributed by atoms with Crippen LogP contribution < -0.4 is 10.5 Å². The van der Waals surface area contributed by atoms with Crippen molar-refractivity contribution in [3.05, 3.63) is 51.3 Å². The molecule has 2 rings (SSSR count). The Morgan fingerprint density at radius 1 is 1.35 bits per heavy atom. The molecule has 90 valence electrons. The summed E-state index contributed by atoms with van der Waals surface area (Å²) >= 11 is 9.14. The molecule has 0 bridgehead atoms. The minimum absolute atomic E-state index is 0.336. The van der Waals surface area contributed by atoms with Crippen molar-refractivity contribution in [3.63, 3.8) is 0 Å². The lowest BCUT2D eigenvalue weighted by atomic mass is 10.1. The third-order valence-electron chi connectivity index (χ3n) is 2.44. The zero-order chi connectivity index (χ0) is 12.4. The second kappa shape index (κ2) is 5.12. The van der Waals surface area contributed by atoms with E-state index >= 15 is 0 Å². The lowest BCUT2D eigenvalue weighted by molar-refractivity contribution is 0.411. The first-order valence-electron chi connectivity index (χ1n) is 4.96. The molecular weight excluding hydrogens is 305 g/mol. The molecule has 0 saturated heterocycles.